The van der Waals surface area contributed by atoms with Crippen LogP contribution in [0, 0.1) is 10.1 Å². The Morgan fingerprint density at radius 1 is 1.83 bits per heavy atom. The number of hydrogen-bond donors (Lipinski definition) is 0. The molecule has 0 aliphatic carbocycles. The van der Waals surface area contributed by atoms with Crippen LogP contribution in [0.15, 0.2) is 0 Å². The van der Waals surface area contributed by atoms with E-state index in [0.717, 1.165) is 0 Å². The van der Waals surface area contributed by atoms with E-state index in [1.54, 1.807) is 0 Å². The molecular formula is CH2BrKNO2. The Morgan fingerprint density at radius 3 is 2.00 bits per heavy atom. The van der Waals surface area contributed by atoms with E-state index in [-0.39, 0.29) is 56.8 Å². The Balaban J connectivity index is 0. The third kappa shape index (κ3) is 9.10. The van der Waals surface area contributed by atoms with Crippen LogP contribution in [0.4, 0.5) is 0 Å². The first-order valence-electron chi connectivity index (χ1n) is 0.949. The molecule has 0 atom stereocenters. The SMILES string of the molecule is O=[N+]([O-])CBr.[K]. The molecule has 1 radical (unpaired) electrons. The average molecular weight is 179 g/mol. The predicted octanol–water partition coefficient (Wildman–Crippen LogP) is 0.235. The largest absolute Gasteiger partial charge is 0.264 e. The molecule has 0 bridgehead atoms. The van der Waals surface area contributed by atoms with Crippen LogP contribution in [-0.2, 0) is 0 Å². The van der Waals surface area contributed by atoms with E-state index in [2.05, 4.69) is 15.9 Å². The van der Waals surface area contributed by atoms with Crippen LogP contribution in [0.25, 0.3) is 0 Å². The van der Waals surface area contributed by atoms with Gasteiger partial charge in [0.25, 0.3) is 5.45 Å². The Labute approximate surface area is 86.2 Å². The maximum Gasteiger partial charge on any atom is 0.256 e. The van der Waals surface area contributed by atoms with E-state index in [1.165, 1.54) is 0 Å². The molecule has 0 aliphatic rings. The second-order valence-electron chi connectivity index (χ2n) is 0.452. The van der Waals surface area contributed by atoms with Crippen LogP contribution in [0.3, 0.4) is 0 Å². The van der Waals surface area contributed by atoms with Crippen LogP contribution >= 0.6 is 15.9 Å². The fourth-order valence-corrected chi connectivity index (χ4v) is 0. The molecule has 5 heteroatoms. The van der Waals surface area contributed by atoms with Crippen molar-refractivity contribution >= 4 is 67.3 Å². The normalized spacial score (nSPS) is 6.17. The van der Waals surface area contributed by atoms with Crippen molar-refractivity contribution < 1.29 is 4.92 Å². The maximum atomic E-state index is 9.13. The molecule has 0 aromatic rings. The van der Waals surface area contributed by atoms with Crippen molar-refractivity contribution in [2.75, 3.05) is 5.45 Å². The summed E-state index contributed by atoms with van der Waals surface area (Å²) in [6.07, 6.45) is 0. The van der Waals surface area contributed by atoms with Crippen molar-refractivity contribution in [3.05, 3.63) is 10.1 Å². The fraction of sp³-hybridized carbons (Fsp3) is 1.00. The minimum absolute atomic E-state index is 0. The van der Waals surface area contributed by atoms with Gasteiger partial charge in [-0.25, -0.2) is 0 Å². The Kier molecular flexibility index (Phi) is 11.4. The molecule has 0 aromatic heterocycles. The maximum absolute atomic E-state index is 9.13. The monoisotopic (exact) mass is 178 g/mol. The topological polar surface area (TPSA) is 43.1 Å². The first-order chi connectivity index (χ1) is 2.27. The summed E-state index contributed by atoms with van der Waals surface area (Å²) in [4.78, 5) is 8.67. The predicted molar refractivity (Wildman–Crippen MR) is 26.5 cm³/mol. The number of nitrogens with zero attached hydrogens (tertiary/aromatic N) is 1. The number of alkyl halides is 1. The van der Waals surface area contributed by atoms with Crippen molar-refractivity contribution in [2.45, 2.75) is 0 Å². The summed E-state index contributed by atoms with van der Waals surface area (Å²) in [6.45, 7) is 0. The van der Waals surface area contributed by atoms with Gasteiger partial charge in [-0.05, 0) is 15.9 Å². The van der Waals surface area contributed by atoms with Crippen LogP contribution in [0.5, 0.6) is 0 Å². The number of nitro groups is 1. The third-order valence-corrected chi connectivity index (χ3v) is 0.507. The standard InChI is InChI=1S/CH2BrNO2.K/c2-1-3(4)5;/h1H2;. The van der Waals surface area contributed by atoms with Crippen LogP contribution in [0.1, 0.15) is 0 Å². The summed E-state index contributed by atoms with van der Waals surface area (Å²) in [5.74, 6) is 0. The molecule has 6 heavy (non-hydrogen) atoms. The first kappa shape index (κ1) is 10.5. The number of halogens is 1. The Morgan fingerprint density at radius 2 is 2.00 bits per heavy atom. The molecule has 0 aliphatic heterocycles. The zero-order valence-electron chi connectivity index (χ0n) is 3.35. The van der Waals surface area contributed by atoms with Gasteiger partial charge < -0.3 is 0 Å². The minimum atomic E-state index is -0.458. The van der Waals surface area contributed by atoms with Crippen LogP contribution in [-0.4, -0.2) is 61.8 Å². The third-order valence-electron chi connectivity index (χ3n) is 0.0976. The van der Waals surface area contributed by atoms with Gasteiger partial charge in [-0.1, -0.05) is 0 Å². The molecule has 0 aromatic carbocycles. The molecule has 0 N–H and O–H groups in total. The quantitative estimate of drug-likeness (QED) is 0.190. The second-order valence-corrected chi connectivity index (χ2v) is 0.954. The van der Waals surface area contributed by atoms with Crippen LogP contribution < -0.4 is 0 Å². The van der Waals surface area contributed by atoms with Gasteiger partial charge in [0.05, 0.1) is 0 Å². The van der Waals surface area contributed by atoms with E-state index < -0.39 is 4.92 Å². The van der Waals surface area contributed by atoms with Crippen molar-refractivity contribution in [3.63, 3.8) is 0 Å². The van der Waals surface area contributed by atoms with Gasteiger partial charge in [0.1, 0.15) is 0 Å². The number of rotatable bonds is 1. The summed E-state index contributed by atoms with van der Waals surface area (Å²) in [6, 6.07) is 0. The zero-order chi connectivity index (χ0) is 4.28. The van der Waals surface area contributed by atoms with Crippen molar-refractivity contribution in [1.29, 1.82) is 0 Å². The number of hydrogen-bond acceptors (Lipinski definition) is 2. The molecule has 0 fully saturated rings. The summed E-state index contributed by atoms with van der Waals surface area (Å²) in [5.41, 5.74) is -0.160. The van der Waals surface area contributed by atoms with E-state index in [1.807, 2.05) is 0 Å². The van der Waals surface area contributed by atoms with Gasteiger partial charge in [-0.15, -0.1) is 0 Å². The van der Waals surface area contributed by atoms with E-state index >= 15 is 0 Å². The average Bonchev–Trinajstić information content (AvgIpc) is 1.38. The van der Waals surface area contributed by atoms with Gasteiger partial charge >= 0.3 is 0 Å². The van der Waals surface area contributed by atoms with E-state index in [4.69, 9.17) is 10.1 Å². The molecule has 0 heterocycles. The summed E-state index contributed by atoms with van der Waals surface area (Å²) in [5, 5.41) is 9.13. The molecule has 0 saturated heterocycles. The van der Waals surface area contributed by atoms with Gasteiger partial charge in [-0.2, -0.15) is 0 Å². The van der Waals surface area contributed by atoms with Gasteiger partial charge in [0, 0.05) is 56.3 Å². The van der Waals surface area contributed by atoms with Gasteiger partial charge in [-0.3, -0.25) is 10.1 Å². The molecule has 31 valence electrons. The smallest absolute Gasteiger partial charge is 0.256 e. The second kappa shape index (κ2) is 6.52. The molecule has 0 spiro atoms. The zero-order valence-corrected chi connectivity index (χ0v) is 8.06. The van der Waals surface area contributed by atoms with E-state index in [9.17, 15) is 0 Å². The Bertz CT molecular complexity index is 48.8. The summed E-state index contributed by atoms with van der Waals surface area (Å²) < 4.78 is 0. The molecule has 0 saturated carbocycles. The molecule has 3 nitrogen and oxygen atoms in total. The molecule has 0 amide bonds. The summed E-state index contributed by atoms with van der Waals surface area (Å²) in [7, 11) is 0. The van der Waals surface area contributed by atoms with Crippen molar-refractivity contribution in [3.8, 4) is 0 Å². The molecule has 0 rings (SSSR count). The molecular weight excluding hydrogens is 177 g/mol. The minimum Gasteiger partial charge on any atom is -0.264 e. The molecule has 0 unspecified atom stereocenters. The van der Waals surface area contributed by atoms with Crippen LogP contribution in [0.2, 0.25) is 0 Å². The van der Waals surface area contributed by atoms with Crippen molar-refractivity contribution in [1.82, 2.24) is 0 Å². The summed E-state index contributed by atoms with van der Waals surface area (Å²) >= 11 is 2.61. The van der Waals surface area contributed by atoms with E-state index in [0.29, 0.717) is 0 Å². The van der Waals surface area contributed by atoms with Gasteiger partial charge in [0.2, 0.25) is 0 Å². The van der Waals surface area contributed by atoms with Gasteiger partial charge in [0.15, 0.2) is 0 Å². The first-order valence-corrected chi connectivity index (χ1v) is 2.07. The van der Waals surface area contributed by atoms with Crippen molar-refractivity contribution in [2.24, 2.45) is 0 Å². The fourth-order valence-electron chi connectivity index (χ4n) is 0. The Hall–Kier alpha value is 1.52.